The van der Waals surface area contributed by atoms with E-state index in [9.17, 15) is 9.18 Å². The minimum atomic E-state index is -0.382. The van der Waals surface area contributed by atoms with Crippen molar-refractivity contribution in [3.8, 4) is 10.8 Å². The third-order valence-corrected chi connectivity index (χ3v) is 4.54. The van der Waals surface area contributed by atoms with Gasteiger partial charge in [0.2, 0.25) is 5.06 Å². The summed E-state index contributed by atoms with van der Waals surface area (Å²) in [7, 11) is 5.56. The molecule has 8 heteroatoms. The van der Waals surface area contributed by atoms with Gasteiger partial charge in [0.25, 0.3) is 0 Å². The minimum Gasteiger partial charge on any atom is -0.445 e. The summed E-state index contributed by atoms with van der Waals surface area (Å²) in [6.07, 6.45) is 1.48. The molecule has 0 aliphatic heterocycles. The van der Waals surface area contributed by atoms with Crippen molar-refractivity contribution in [2.75, 3.05) is 36.3 Å². The lowest BCUT2D eigenvalue weighted by Gasteiger charge is -2.20. The lowest BCUT2D eigenvalue weighted by atomic mass is 10.2. The fourth-order valence-corrected chi connectivity index (χ4v) is 2.96. The number of hydrogen-bond acceptors (Lipinski definition) is 5. The molecule has 3 aromatic rings. The molecule has 0 saturated heterocycles. The van der Waals surface area contributed by atoms with Crippen molar-refractivity contribution in [1.82, 2.24) is 4.98 Å². The second kappa shape index (κ2) is 8.05. The van der Waals surface area contributed by atoms with Crippen LogP contribution in [0, 0.1) is 5.82 Å². The van der Waals surface area contributed by atoms with Gasteiger partial charge in [-0.15, -0.1) is 0 Å². The Morgan fingerprint density at radius 2 is 1.85 bits per heavy atom. The Kier molecular flexibility index (Phi) is 5.56. The van der Waals surface area contributed by atoms with E-state index in [0.717, 1.165) is 22.7 Å². The van der Waals surface area contributed by atoms with Crippen molar-refractivity contribution < 1.29 is 13.9 Å². The zero-order valence-corrected chi connectivity index (χ0v) is 16.0. The molecule has 6 nitrogen and oxygen atoms in total. The van der Waals surface area contributed by atoms with E-state index in [-0.39, 0.29) is 11.8 Å². The van der Waals surface area contributed by atoms with Gasteiger partial charge in [-0.1, -0.05) is 23.5 Å². The van der Waals surface area contributed by atoms with Crippen LogP contribution in [0.1, 0.15) is 0 Å². The number of anilines is 3. The Balaban J connectivity index is 1.66. The SMILES string of the molecule is CN(C)c1cccc(N(C)C(=O)Nc2ncc(Oc3cccc(F)c3)s2)c1. The van der Waals surface area contributed by atoms with Gasteiger partial charge in [-0.3, -0.25) is 10.2 Å². The second-order valence-electron chi connectivity index (χ2n) is 5.95. The average molecular weight is 386 g/mol. The first-order chi connectivity index (χ1) is 12.9. The molecule has 1 N–H and O–H groups in total. The van der Waals surface area contributed by atoms with Gasteiger partial charge < -0.3 is 9.64 Å². The number of urea groups is 1. The number of halogens is 1. The van der Waals surface area contributed by atoms with Gasteiger partial charge in [-0.05, 0) is 30.3 Å². The first-order valence-corrected chi connectivity index (χ1v) is 8.95. The Morgan fingerprint density at radius 3 is 2.59 bits per heavy atom. The number of amides is 2. The molecular formula is C19H19FN4O2S. The van der Waals surface area contributed by atoms with Crippen LogP contribution >= 0.6 is 11.3 Å². The molecule has 1 heterocycles. The molecular weight excluding hydrogens is 367 g/mol. The molecule has 0 fully saturated rings. The highest BCUT2D eigenvalue weighted by Gasteiger charge is 2.14. The van der Waals surface area contributed by atoms with Crippen LogP contribution in [0.3, 0.4) is 0 Å². The highest BCUT2D eigenvalue weighted by atomic mass is 32.1. The van der Waals surface area contributed by atoms with Gasteiger partial charge in [-0.2, -0.15) is 0 Å². The number of rotatable bonds is 5. The highest BCUT2D eigenvalue weighted by Crippen LogP contribution is 2.31. The van der Waals surface area contributed by atoms with E-state index in [1.54, 1.807) is 19.2 Å². The van der Waals surface area contributed by atoms with Gasteiger partial charge in [0.1, 0.15) is 11.6 Å². The summed E-state index contributed by atoms with van der Waals surface area (Å²) in [5.41, 5.74) is 1.75. The number of hydrogen-bond donors (Lipinski definition) is 1. The van der Waals surface area contributed by atoms with E-state index in [1.165, 1.54) is 23.2 Å². The van der Waals surface area contributed by atoms with Crippen molar-refractivity contribution >= 4 is 33.9 Å². The van der Waals surface area contributed by atoms with E-state index in [0.29, 0.717) is 15.9 Å². The summed E-state index contributed by atoms with van der Waals surface area (Å²) in [5, 5.41) is 3.58. The largest absolute Gasteiger partial charge is 0.445 e. The predicted octanol–water partition coefficient (Wildman–Crippen LogP) is 4.81. The van der Waals surface area contributed by atoms with Gasteiger partial charge in [0.05, 0.1) is 6.20 Å². The Labute approximate surface area is 160 Å². The number of nitrogens with one attached hydrogen (secondary N) is 1. The number of nitrogens with zero attached hydrogens (tertiary/aromatic N) is 3. The molecule has 3 rings (SSSR count). The van der Waals surface area contributed by atoms with Gasteiger partial charge >= 0.3 is 6.03 Å². The molecule has 0 bridgehead atoms. The highest BCUT2D eigenvalue weighted by molar-refractivity contribution is 7.17. The number of aromatic nitrogens is 1. The number of carbonyl (C=O) groups is 1. The second-order valence-corrected chi connectivity index (χ2v) is 6.94. The van der Waals surface area contributed by atoms with Crippen LogP contribution in [-0.4, -0.2) is 32.2 Å². The third kappa shape index (κ3) is 4.73. The van der Waals surface area contributed by atoms with Crippen LogP contribution in [0.5, 0.6) is 10.8 Å². The zero-order chi connectivity index (χ0) is 19.4. The summed E-state index contributed by atoms with van der Waals surface area (Å²) >= 11 is 1.16. The molecule has 0 unspecified atom stereocenters. The van der Waals surface area contributed by atoms with Gasteiger partial charge in [0, 0.05) is 38.6 Å². The summed E-state index contributed by atoms with van der Waals surface area (Å²) < 4.78 is 18.8. The number of benzene rings is 2. The summed E-state index contributed by atoms with van der Waals surface area (Å²) in [6, 6.07) is 13.1. The summed E-state index contributed by atoms with van der Waals surface area (Å²) in [4.78, 5) is 20.1. The number of carbonyl (C=O) groups excluding carboxylic acids is 1. The molecule has 2 aromatic carbocycles. The maximum Gasteiger partial charge on any atom is 0.327 e. The Bertz CT molecular complexity index is 945. The monoisotopic (exact) mass is 386 g/mol. The molecule has 140 valence electrons. The van der Waals surface area contributed by atoms with Crippen molar-refractivity contribution in [3.05, 3.63) is 60.5 Å². The molecule has 2 amide bonds. The fraction of sp³-hybridized carbons (Fsp3) is 0.158. The third-order valence-electron chi connectivity index (χ3n) is 3.75. The lowest BCUT2D eigenvalue weighted by molar-refractivity contribution is 0.258. The molecule has 1 aromatic heterocycles. The quantitative estimate of drug-likeness (QED) is 0.684. The van der Waals surface area contributed by atoms with Crippen LogP contribution in [0.15, 0.2) is 54.7 Å². The van der Waals surface area contributed by atoms with E-state index >= 15 is 0 Å². The maximum atomic E-state index is 13.2. The molecule has 0 radical (unpaired) electrons. The van der Waals surface area contributed by atoms with E-state index in [4.69, 9.17) is 4.74 Å². The first-order valence-electron chi connectivity index (χ1n) is 8.14. The molecule has 0 aliphatic rings. The average Bonchev–Trinajstić information content (AvgIpc) is 3.08. The van der Waals surface area contributed by atoms with Crippen molar-refractivity contribution in [2.45, 2.75) is 0 Å². The van der Waals surface area contributed by atoms with Crippen LogP contribution in [0.2, 0.25) is 0 Å². The van der Waals surface area contributed by atoms with E-state index in [1.807, 2.05) is 43.3 Å². The zero-order valence-electron chi connectivity index (χ0n) is 15.1. The van der Waals surface area contributed by atoms with Crippen molar-refractivity contribution in [3.63, 3.8) is 0 Å². The lowest BCUT2D eigenvalue weighted by Crippen LogP contribution is -2.31. The van der Waals surface area contributed by atoms with Crippen molar-refractivity contribution in [1.29, 1.82) is 0 Å². The van der Waals surface area contributed by atoms with Crippen LogP contribution in [-0.2, 0) is 0 Å². The fourth-order valence-electron chi connectivity index (χ4n) is 2.28. The molecule has 0 spiro atoms. The van der Waals surface area contributed by atoms with Gasteiger partial charge in [0.15, 0.2) is 5.13 Å². The minimum absolute atomic E-state index is 0.322. The standard InChI is InChI=1S/C19H19FN4O2S/c1-23(2)14-7-5-8-15(11-14)24(3)19(25)22-18-21-12-17(27-18)26-16-9-4-6-13(20)10-16/h4-12H,1-3H3,(H,21,22,25). The topological polar surface area (TPSA) is 57.7 Å². The number of thiazole rings is 1. The number of ether oxygens (including phenoxy) is 1. The molecule has 0 saturated carbocycles. The van der Waals surface area contributed by atoms with E-state index < -0.39 is 0 Å². The van der Waals surface area contributed by atoms with Crippen LogP contribution in [0.25, 0.3) is 0 Å². The van der Waals surface area contributed by atoms with Gasteiger partial charge in [-0.25, -0.2) is 14.2 Å². The smallest absolute Gasteiger partial charge is 0.327 e. The van der Waals surface area contributed by atoms with Crippen LogP contribution in [0.4, 0.5) is 25.7 Å². The normalized spacial score (nSPS) is 10.4. The molecule has 0 aliphatic carbocycles. The first kappa shape index (κ1) is 18.7. The van der Waals surface area contributed by atoms with E-state index in [2.05, 4.69) is 10.3 Å². The maximum absolute atomic E-state index is 13.2. The van der Waals surface area contributed by atoms with Crippen molar-refractivity contribution in [2.24, 2.45) is 0 Å². The Morgan fingerprint density at radius 1 is 1.11 bits per heavy atom. The summed E-state index contributed by atoms with van der Waals surface area (Å²) in [6.45, 7) is 0. The molecule has 0 atom stereocenters. The summed E-state index contributed by atoms with van der Waals surface area (Å²) in [5.74, 6) is -0.0127. The predicted molar refractivity (Wildman–Crippen MR) is 107 cm³/mol. The molecule has 27 heavy (non-hydrogen) atoms. The Hall–Kier alpha value is -3.13. The van der Waals surface area contributed by atoms with Crippen LogP contribution < -0.4 is 19.9 Å².